The molecule has 1 aromatic carbocycles. The van der Waals surface area contributed by atoms with E-state index in [9.17, 15) is 0 Å². The molecule has 0 N–H and O–H groups in total. The topological polar surface area (TPSA) is 22.1 Å². The first-order chi connectivity index (χ1) is 6.72. The molecule has 14 heavy (non-hydrogen) atoms. The molecule has 0 spiro atoms. The van der Waals surface area contributed by atoms with Crippen LogP contribution in [0.1, 0.15) is 0 Å². The SMILES string of the molecule is COc1c(Br)ccc2ncc(Br)cc12. The lowest BCUT2D eigenvalue weighted by Crippen LogP contribution is -1.88. The van der Waals surface area contributed by atoms with Gasteiger partial charge < -0.3 is 4.74 Å². The highest BCUT2D eigenvalue weighted by atomic mass is 79.9. The van der Waals surface area contributed by atoms with Gasteiger partial charge in [-0.2, -0.15) is 0 Å². The molecule has 0 bridgehead atoms. The number of fused-ring (bicyclic) bond motifs is 1. The Kier molecular flexibility index (Phi) is 2.74. The largest absolute Gasteiger partial charge is 0.495 e. The summed E-state index contributed by atoms with van der Waals surface area (Å²) in [5, 5.41) is 0.997. The van der Waals surface area contributed by atoms with Crippen molar-refractivity contribution in [3.05, 3.63) is 33.3 Å². The lowest BCUT2D eigenvalue weighted by Gasteiger charge is -2.07. The quantitative estimate of drug-likeness (QED) is 0.799. The minimum absolute atomic E-state index is 0.816. The second-order valence-corrected chi connectivity index (χ2v) is 4.57. The first kappa shape index (κ1) is 9.93. The van der Waals surface area contributed by atoms with Gasteiger partial charge in [-0.15, -0.1) is 0 Å². The number of benzene rings is 1. The molecule has 4 heteroatoms. The minimum Gasteiger partial charge on any atom is -0.495 e. The summed E-state index contributed by atoms with van der Waals surface area (Å²) in [5.41, 5.74) is 0.924. The average Bonchev–Trinajstić information content (AvgIpc) is 2.17. The molecule has 0 atom stereocenters. The van der Waals surface area contributed by atoms with E-state index in [1.165, 1.54) is 0 Å². The van der Waals surface area contributed by atoms with E-state index in [4.69, 9.17) is 4.74 Å². The van der Waals surface area contributed by atoms with Crippen molar-refractivity contribution in [3.8, 4) is 5.75 Å². The molecule has 0 radical (unpaired) electrons. The fourth-order valence-corrected chi connectivity index (χ4v) is 2.17. The molecule has 1 aromatic heterocycles. The van der Waals surface area contributed by atoms with Gasteiger partial charge in [0.05, 0.1) is 17.1 Å². The average molecular weight is 317 g/mol. The fourth-order valence-electron chi connectivity index (χ4n) is 1.33. The van der Waals surface area contributed by atoms with Gasteiger partial charge in [0.25, 0.3) is 0 Å². The van der Waals surface area contributed by atoms with Crippen LogP contribution in [0.5, 0.6) is 5.75 Å². The van der Waals surface area contributed by atoms with Gasteiger partial charge in [0.15, 0.2) is 0 Å². The lowest BCUT2D eigenvalue weighted by atomic mass is 10.2. The van der Waals surface area contributed by atoms with E-state index in [1.54, 1.807) is 13.3 Å². The second-order valence-electron chi connectivity index (χ2n) is 2.80. The van der Waals surface area contributed by atoms with Crippen molar-refractivity contribution in [2.24, 2.45) is 0 Å². The number of ether oxygens (including phenoxy) is 1. The van der Waals surface area contributed by atoms with Gasteiger partial charge in [-0.1, -0.05) is 0 Å². The monoisotopic (exact) mass is 315 g/mol. The standard InChI is InChI=1S/C10H7Br2NO/c1-14-10-7-4-6(11)5-13-9(7)3-2-8(10)12/h2-5H,1H3. The van der Waals surface area contributed by atoms with Crippen LogP contribution >= 0.6 is 31.9 Å². The van der Waals surface area contributed by atoms with Crippen molar-refractivity contribution in [2.75, 3.05) is 7.11 Å². The van der Waals surface area contributed by atoms with E-state index in [0.717, 1.165) is 25.6 Å². The summed E-state index contributed by atoms with van der Waals surface area (Å²) < 4.78 is 7.19. The molecule has 0 saturated carbocycles. The van der Waals surface area contributed by atoms with Crippen LogP contribution in [0.15, 0.2) is 33.3 Å². The van der Waals surface area contributed by atoms with Gasteiger partial charge in [-0.3, -0.25) is 4.98 Å². The van der Waals surface area contributed by atoms with Crippen LogP contribution in [0.3, 0.4) is 0 Å². The highest BCUT2D eigenvalue weighted by Crippen LogP contribution is 2.33. The van der Waals surface area contributed by atoms with Crippen LogP contribution in [0.2, 0.25) is 0 Å². The van der Waals surface area contributed by atoms with Gasteiger partial charge in [0.1, 0.15) is 5.75 Å². The lowest BCUT2D eigenvalue weighted by molar-refractivity contribution is 0.417. The van der Waals surface area contributed by atoms with Crippen LogP contribution in [0.4, 0.5) is 0 Å². The summed E-state index contributed by atoms with van der Waals surface area (Å²) in [6.45, 7) is 0. The predicted molar refractivity (Wildman–Crippen MR) is 63.7 cm³/mol. The summed E-state index contributed by atoms with van der Waals surface area (Å²) >= 11 is 6.82. The van der Waals surface area contributed by atoms with Crippen molar-refractivity contribution < 1.29 is 4.74 Å². The van der Waals surface area contributed by atoms with E-state index in [-0.39, 0.29) is 0 Å². The molecular formula is C10H7Br2NO. The summed E-state index contributed by atoms with van der Waals surface area (Å²) in [4.78, 5) is 4.28. The van der Waals surface area contributed by atoms with E-state index in [2.05, 4.69) is 36.8 Å². The Balaban J connectivity index is 2.84. The number of pyridine rings is 1. The summed E-state index contributed by atoms with van der Waals surface area (Å²) in [6, 6.07) is 5.88. The number of aromatic nitrogens is 1. The Labute approximate surface area is 98.5 Å². The third-order valence-corrected chi connectivity index (χ3v) is 3.00. The fraction of sp³-hybridized carbons (Fsp3) is 0.100. The van der Waals surface area contributed by atoms with Crippen molar-refractivity contribution in [1.29, 1.82) is 0 Å². The van der Waals surface area contributed by atoms with Gasteiger partial charge in [0, 0.05) is 16.1 Å². The number of rotatable bonds is 1. The molecule has 2 aromatic rings. The number of methoxy groups -OCH3 is 1. The zero-order chi connectivity index (χ0) is 10.1. The Morgan fingerprint density at radius 3 is 2.79 bits per heavy atom. The van der Waals surface area contributed by atoms with Gasteiger partial charge in [0.2, 0.25) is 0 Å². The highest BCUT2D eigenvalue weighted by molar-refractivity contribution is 9.10. The Morgan fingerprint density at radius 2 is 2.07 bits per heavy atom. The first-order valence-corrected chi connectivity index (χ1v) is 5.58. The van der Waals surface area contributed by atoms with Crippen molar-refractivity contribution in [2.45, 2.75) is 0 Å². The van der Waals surface area contributed by atoms with E-state index in [0.29, 0.717) is 0 Å². The third-order valence-electron chi connectivity index (χ3n) is 1.94. The molecule has 0 unspecified atom stereocenters. The van der Waals surface area contributed by atoms with E-state index >= 15 is 0 Å². The Morgan fingerprint density at radius 1 is 1.29 bits per heavy atom. The highest BCUT2D eigenvalue weighted by Gasteiger charge is 2.06. The van der Waals surface area contributed by atoms with Gasteiger partial charge >= 0.3 is 0 Å². The second kappa shape index (κ2) is 3.87. The van der Waals surface area contributed by atoms with Crippen molar-refractivity contribution >= 4 is 42.8 Å². The zero-order valence-electron chi connectivity index (χ0n) is 7.42. The number of halogens is 2. The van der Waals surface area contributed by atoms with Crippen LogP contribution in [-0.2, 0) is 0 Å². The maximum absolute atomic E-state index is 5.31. The van der Waals surface area contributed by atoms with Gasteiger partial charge in [-0.05, 0) is 50.1 Å². The smallest absolute Gasteiger partial charge is 0.142 e. The van der Waals surface area contributed by atoms with Crippen LogP contribution in [-0.4, -0.2) is 12.1 Å². The normalized spacial score (nSPS) is 10.5. The Bertz CT molecular complexity index is 480. The predicted octanol–water partition coefficient (Wildman–Crippen LogP) is 3.77. The van der Waals surface area contributed by atoms with Crippen molar-refractivity contribution in [3.63, 3.8) is 0 Å². The number of hydrogen-bond acceptors (Lipinski definition) is 2. The molecule has 2 nitrogen and oxygen atoms in total. The molecular weight excluding hydrogens is 310 g/mol. The summed E-state index contributed by atoms with van der Waals surface area (Å²) in [5.74, 6) is 0.816. The number of nitrogens with zero attached hydrogens (tertiary/aromatic N) is 1. The molecule has 0 fully saturated rings. The molecule has 72 valence electrons. The van der Waals surface area contributed by atoms with Crippen LogP contribution in [0.25, 0.3) is 10.9 Å². The molecule has 0 aliphatic rings. The van der Waals surface area contributed by atoms with E-state index < -0.39 is 0 Å². The third kappa shape index (κ3) is 1.64. The first-order valence-electron chi connectivity index (χ1n) is 4.00. The zero-order valence-corrected chi connectivity index (χ0v) is 10.6. The molecule has 0 aliphatic heterocycles. The molecule has 0 aliphatic carbocycles. The summed E-state index contributed by atoms with van der Waals surface area (Å²) in [7, 11) is 1.65. The number of hydrogen-bond donors (Lipinski definition) is 0. The minimum atomic E-state index is 0.816. The van der Waals surface area contributed by atoms with Gasteiger partial charge in [-0.25, -0.2) is 0 Å². The maximum atomic E-state index is 5.31. The molecule has 0 saturated heterocycles. The van der Waals surface area contributed by atoms with E-state index in [1.807, 2.05) is 18.2 Å². The maximum Gasteiger partial charge on any atom is 0.142 e. The molecule has 0 amide bonds. The molecule has 1 heterocycles. The Hall–Kier alpha value is -0.610. The van der Waals surface area contributed by atoms with Crippen molar-refractivity contribution in [1.82, 2.24) is 4.98 Å². The van der Waals surface area contributed by atoms with Crippen LogP contribution < -0.4 is 4.74 Å². The summed E-state index contributed by atoms with van der Waals surface area (Å²) in [6.07, 6.45) is 1.77. The van der Waals surface area contributed by atoms with Crippen LogP contribution in [0, 0.1) is 0 Å². The molecule has 2 rings (SSSR count).